The zero-order chi connectivity index (χ0) is 11.7. The van der Waals surface area contributed by atoms with E-state index < -0.39 is 0 Å². The van der Waals surface area contributed by atoms with Gasteiger partial charge >= 0.3 is 23.1 Å². The van der Waals surface area contributed by atoms with E-state index in [9.17, 15) is 0 Å². The monoisotopic (exact) mass is 384 g/mol. The zero-order valence-electron chi connectivity index (χ0n) is 10.2. The summed E-state index contributed by atoms with van der Waals surface area (Å²) < 4.78 is 1.10. The Morgan fingerprint density at radius 2 is 1.53 bits per heavy atom. The molecule has 0 fully saturated rings. The van der Waals surface area contributed by atoms with Crippen LogP contribution >= 0.6 is 15.9 Å². The Balaban J connectivity index is 0.000000902. The summed E-state index contributed by atoms with van der Waals surface area (Å²) in [6.45, 7) is 0. The molecular weight excluding hydrogens is 376 g/mol. The molecule has 0 saturated heterocycles. The fraction of sp³-hybridized carbons (Fsp3) is 0. The van der Waals surface area contributed by atoms with E-state index in [2.05, 4.69) is 76.6 Å². The SMILES string of the molecule is Brc1ccc(-c2[c-]ccc3ccccc23)cc1.[Br-].[Mg+2]. The fourth-order valence-electron chi connectivity index (χ4n) is 2.02. The molecule has 0 nitrogen and oxygen atoms in total. The Labute approximate surface area is 148 Å². The van der Waals surface area contributed by atoms with Gasteiger partial charge in [-0.3, -0.25) is 0 Å². The van der Waals surface area contributed by atoms with Crippen LogP contribution in [0.25, 0.3) is 21.9 Å². The molecule has 0 saturated carbocycles. The minimum atomic E-state index is 0. The summed E-state index contributed by atoms with van der Waals surface area (Å²) in [5.41, 5.74) is 2.36. The molecule has 90 valence electrons. The number of fused-ring (bicyclic) bond motifs is 1. The van der Waals surface area contributed by atoms with Gasteiger partial charge in [-0.2, -0.15) is 0 Å². The minimum Gasteiger partial charge on any atom is -1.00 e. The van der Waals surface area contributed by atoms with Crippen LogP contribution in [0.1, 0.15) is 0 Å². The van der Waals surface area contributed by atoms with Gasteiger partial charge < -0.3 is 17.0 Å². The van der Waals surface area contributed by atoms with Crippen LogP contribution in [0, 0.1) is 6.07 Å². The van der Waals surface area contributed by atoms with Crippen molar-refractivity contribution in [2.45, 2.75) is 0 Å². The van der Waals surface area contributed by atoms with Crippen LogP contribution in [0.2, 0.25) is 0 Å². The van der Waals surface area contributed by atoms with E-state index in [4.69, 9.17) is 0 Å². The first kappa shape index (κ1) is 16.7. The summed E-state index contributed by atoms with van der Waals surface area (Å²) in [4.78, 5) is 0. The number of rotatable bonds is 1. The van der Waals surface area contributed by atoms with Gasteiger partial charge in [0.2, 0.25) is 0 Å². The van der Waals surface area contributed by atoms with E-state index in [0.717, 1.165) is 10.0 Å². The van der Waals surface area contributed by atoms with Crippen molar-refractivity contribution in [2.24, 2.45) is 0 Å². The summed E-state index contributed by atoms with van der Waals surface area (Å²) >= 11 is 3.46. The molecular formula is C16H10Br2Mg. The van der Waals surface area contributed by atoms with Crippen molar-refractivity contribution in [3.63, 3.8) is 0 Å². The van der Waals surface area contributed by atoms with Gasteiger partial charge in [0.25, 0.3) is 0 Å². The van der Waals surface area contributed by atoms with Gasteiger partial charge in [-0.1, -0.05) is 70.0 Å². The van der Waals surface area contributed by atoms with E-state index in [-0.39, 0.29) is 40.0 Å². The molecule has 3 aromatic carbocycles. The van der Waals surface area contributed by atoms with Gasteiger partial charge in [-0.15, -0.1) is 34.5 Å². The van der Waals surface area contributed by atoms with Gasteiger partial charge in [0, 0.05) is 4.47 Å². The van der Waals surface area contributed by atoms with Crippen LogP contribution in [-0.4, -0.2) is 23.1 Å². The molecule has 0 spiro atoms. The topological polar surface area (TPSA) is 0 Å². The Hall–Kier alpha value is -0.354. The van der Waals surface area contributed by atoms with Crippen molar-refractivity contribution >= 4 is 49.8 Å². The Kier molecular flexibility index (Phi) is 6.53. The summed E-state index contributed by atoms with van der Waals surface area (Å²) in [7, 11) is 0. The second kappa shape index (κ2) is 7.43. The maximum Gasteiger partial charge on any atom is 2.00 e. The van der Waals surface area contributed by atoms with E-state index in [1.807, 2.05) is 6.07 Å². The number of hydrogen-bond acceptors (Lipinski definition) is 0. The van der Waals surface area contributed by atoms with Crippen molar-refractivity contribution < 1.29 is 17.0 Å². The molecule has 0 atom stereocenters. The van der Waals surface area contributed by atoms with Gasteiger partial charge in [-0.25, -0.2) is 0 Å². The number of benzene rings is 3. The molecule has 3 aromatic rings. The molecule has 0 N–H and O–H groups in total. The van der Waals surface area contributed by atoms with Crippen molar-refractivity contribution in [1.29, 1.82) is 0 Å². The number of hydrogen-bond donors (Lipinski definition) is 0. The van der Waals surface area contributed by atoms with Crippen molar-refractivity contribution in [3.05, 3.63) is 71.2 Å². The van der Waals surface area contributed by atoms with Crippen LogP contribution in [0.3, 0.4) is 0 Å². The summed E-state index contributed by atoms with van der Waals surface area (Å²) in [5.74, 6) is 0. The molecule has 0 heterocycles. The quantitative estimate of drug-likeness (QED) is 0.441. The normalized spacial score (nSPS) is 9.53. The molecule has 0 unspecified atom stereocenters. The maximum atomic E-state index is 3.46. The van der Waals surface area contributed by atoms with Crippen LogP contribution < -0.4 is 17.0 Å². The largest absolute Gasteiger partial charge is 2.00 e. The molecule has 3 rings (SSSR count). The second-order valence-electron chi connectivity index (χ2n) is 3.95. The van der Waals surface area contributed by atoms with E-state index >= 15 is 0 Å². The van der Waals surface area contributed by atoms with Gasteiger partial charge in [-0.05, 0) is 0 Å². The van der Waals surface area contributed by atoms with Gasteiger partial charge in [0.05, 0.1) is 0 Å². The Bertz CT molecular complexity index is 658. The predicted molar refractivity (Wildman–Crippen MR) is 81.7 cm³/mol. The molecule has 0 aliphatic carbocycles. The van der Waals surface area contributed by atoms with E-state index in [1.54, 1.807) is 0 Å². The van der Waals surface area contributed by atoms with Crippen molar-refractivity contribution in [3.8, 4) is 11.1 Å². The first-order valence-corrected chi connectivity index (χ1v) is 6.29. The third-order valence-electron chi connectivity index (χ3n) is 2.85. The van der Waals surface area contributed by atoms with E-state index in [1.165, 1.54) is 16.3 Å². The molecule has 0 aliphatic rings. The van der Waals surface area contributed by atoms with Crippen molar-refractivity contribution in [2.75, 3.05) is 0 Å². The van der Waals surface area contributed by atoms with E-state index in [0.29, 0.717) is 0 Å². The summed E-state index contributed by atoms with van der Waals surface area (Å²) in [6, 6.07) is 24.2. The Morgan fingerprint density at radius 3 is 2.26 bits per heavy atom. The van der Waals surface area contributed by atoms with Gasteiger partial charge in [0.1, 0.15) is 0 Å². The zero-order valence-corrected chi connectivity index (χ0v) is 14.8. The minimum absolute atomic E-state index is 0. The standard InChI is InChI=1S/C16H10Br.BrH.Mg/c17-14-10-8-13(9-11-14)16-7-3-5-12-4-1-2-6-15(12)16;;/h1-6,8-11H;1H;/q-1;;+2/p-1. The number of halogens is 2. The molecule has 19 heavy (non-hydrogen) atoms. The fourth-order valence-corrected chi connectivity index (χ4v) is 2.28. The van der Waals surface area contributed by atoms with Crippen LogP contribution in [-0.2, 0) is 0 Å². The average Bonchev–Trinajstić information content (AvgIpc) is 2.39. The third-order valence-corrected chi connectivity index (χ3v) is 3.38. The Morgan fingerprint density at radius 1 is 0.842 bits per heavy atom. The summed E-state index contributed by atoms with van der Waals surface area (Å²) in [5, 5.41) is 2.50. The molecule has 0 amide bonds. The molecule has 0 bridgehead atoms. The molecule has 3 heteroatoms. The molecule has 0 radical (unpaired) electrons. The van der Waals surface area contributed by atoms with Crippen LogP contribution in [0.5, 0.6) is 0 Å². The first-order chi connectivity index (χ1) is 8.34. The average molecular weight is 386 g/mol. The molecule has 0 aliphatic heterocycles. The first-order valence-electron chi connectivity index (χ1n) is 5.50. The smallest absolute Gasteiger partial charge is 1.00 e. The predicted octanol–water partition coefficient (Wildman–Crippen LogP) is 1.69. The van der Waals surface area contributed by atoms with Crippen LogP contribution in [0.15, 0.2) is 65.1 Å². The third kappa shape index (κ3) is 3.60. The second-order valence-corrected chi connectivity index (χ2v) is 4.86. The molecule has 0 aromatic heterocycles. The summed E-state index contributed by atoms with van der Waals surface area (Å²) in [6.07, 6.45) is 0. The van der Waals surface area contributed by atoms with Crippen molar-refractivity contribution in [1.82, 2.24) is 0 Å². The maximum absolute atomic E-state index is 3.46. The van der Waals surface area contributed by atoms with Crippen LogP contribution in [0.4, 0.5) is 0 Å². The van der Waals surface area contributed by atoms with Gasteiger partial charge in [0.15, 0.2) is 0 Å².